The highest BCUT2D eigenvalue weighted by molar-refractivity contribution is 7.20. The van der Waals surface area contributed by atoms with E-state index in [-0.39, 0.29) is 5.97 Å². The summed E-state index contributed by atoms with van der Waals surface area (Å²) in [6, 6.07) is 7.46. The minimum absolute atomic E-state index is 0.320. The van der Waals surface area contributed by atoms with Crippen molar-refractivity contribution >= 4 is 33.3 Å². The molecular formula is C17H17N3O3S. The van der Waals surface area contributed by atoms with Crippen LogP contribution in [0.25, 0.3) is 21.6 Å². The van der Waals surface area contributed by atoms with Gasteiger partial charge in [0, 0.05) is 0 Å². The van der Waals surface area contributed by atoms with Gasteiger partial charge >= 0.3 is 5.97 Å². The maximum Gasteiger partial charge on any atom is 0.348 e. The average Bonchev–Trinajstić information content (AvgIpc) is 2.92. The summed E-state index contributed by atoms with van der Waals surface area (Å²) in [5.41, 5.74) is 7.63. The van der Waals surface area contributed by atoms with Gasteiger partial charge in [-0.2, -0.15) is 0 Å². The molecule has 0 spiro atoms. The van der Waals surface area contributed by atoms with Gasteiger partial charge in [0.25, 0.3) is 0 Å². The van der Waals surface area contributed by atoms with E-state index in [0.717, 1.165) is 11.1 Å². The highest BCUT2D eigenvalue weighted by Crippen LogP contribution is 2.36. The molecule has 0 atom stereocenters. The number of nitrogens with two attached hydrogens (primary N) is 1. The first-order chi connectivity index (χ1) is 11.6. The second-order valence-corrected chi connectivity index (χ2v) is 6.09. The predicted molar refractivity (Wildman–Crippen MR) is 94.5 cm³/mol. The number of benzene rings is 1. The third-order valence-electron chi connectivity index (χ3n) is 3.63. The number of thiophene rings is 1. The highest BCUT2D eigenvalue weighted by Gasteiger charge is 2.21. The van der Waals surface area contributed by atoms with Crippen molar-refractivity contribution < 1.29 is 14.3 Å². The molecule has 7 heteroatoms. The molecular weight excluding hydrogens is 326 g/mol. The summed E-state index contributed by atoms with van der Waals surface area (Å²) >= 11 is 1.26. The number of aryl methyl sites for hydroxylation is 1. The molecule has 3 aromatic rings. The van der Waals surface area contributed by atoms with E-state index in [1.807, 2.05) is 31.2 Å². The van der Waals surface area contributed by atoms with Crippen LogP contribution in [0.15, 0.2) is 24.3 Å². The molecule has 0 fully saturated rings. The molecule has 124 valence electrons. The molecule has 0 saturated heterocycles. The fourth-order valence-electron chi connectivity index (χ4n) is 2.51. The number of aromatic nitrogens is 2. The van der Waals surface area contributed by atoms with Crippen molar-refractivity contribution in [2.45, 2.75) is 13.8 Å². The van der Waals surface area contributed by atoms with Crippen molar-refractivity contribution in [1.82, 2.24) is 9.97 Å². The lowest BCUT2D eigenvalue weighted by molar-refractivity contribution is 0.0531. The summed E-state index contributed by atoms with van der Waals surface area (Å²) in [5.74, 6) is 1.10. The molecule has 0 aliphatic carbocycles. The number of carbonyl (C=O) groups is 1. The SMILES string of the molecule is CCOC(=O)c1sc2nc(-c3ccccc3OC)nc(N)c2c1C. The van der Waals surface area contributed by atoms with Gasteiger partial charge in [0.05, 0.1) is 24.7 Å². The van der Waals surface area contributed by atoms with Crippen LogP contribution in [-0.4, -0.2) is 29.7 Å². The van der Waals surface area contributed by atoms with Crippen LogP contribution in [0.5, 0.6) is 5.75 Å². The molecule has 2 aromatic heterocycles. The minimum atomic E-state index is -0.365. The lowest BCUT2D eigenvalue weighted by atomic mass is 10.1. The molecule has 0 bridgehead atoms. The number of hydrogen-bond donors (Lipinski definition) is 1. The minimum Gasteiger partial charge on any atom is -0.496 e. The Hall–Kier alpha value is -2.67. The number of methoxy groups -OCH3 is 1. The topological polar surface area (TPSA) is 87.3 Å². The maximum atomic E-state index is 12.1. The zero-order valence-corrected chi connectivity index (χ0v) is 14.4. The van der Waals surface area contributed by atoms with Crippen LogP contribution < -0.4 is 10.5 Å². The number of carbonyl (C=O) groups excluding carboxylic acids is 1. The van der Waals surface area contributed by atoms with E-state index >= 15 is 0 Å². The number of fused-ring (bicyclic) bond motifs is 1. The molecule has 6 nitrogen and oxygen atoms in total. The summed E-state index contributed by atoms with van der Waals surface area (Å²) in [6.45, 7) is 3.92. The van der Waals surface area contributed by atoms with E-state index in [9.17, 15) is 4.79 Å². The van der Waals surface area contributed by atoms with Crippen LogP contribution in [-0.2, 0) is 4.74 Å². The second kappa shape index (κ2) is 6.45. The molecule has 0 amide bonds. The fourth-order valence-corrected chi connectivity index (χ4v) is 3.59. The third-order valence-corrected chi connectivity index (χ3v) is 4.79. The summed E-state index contributed by atoms with van der Waals surface area (Å²) in [5, 5.41) is 0.696. The van der Waals surface area contributed by atoms with Crippen LogP contribution >= 0.6 is 11.3 Å². The van der Waals surface area contributed by atoms with Crippen LogP contribution in [0, 0.1) is 6.92 Å². The predicted octanol–water partition coefficient (Wildman–Crippen LogP) is 3.43. The normalized spacial score (nSPS) is 10.8. The fraction of sp³-hybridized carbons (Fsp3) is 0.235. The first-order valence-corrected chi connectivity index (χ1v) is 8.25. The van der Waals surface area contributed by atoms with Crippen molar-refractivity contribution in [2.75, 3.05) is 19.5 Å². The average molecular weight is 343 g/mol. The number of hydrogen-bond acceptors (Lipinski definition) is 7. The molecule has 0 radical (unpaired) electrons. The second-order valence-electron chi connectivity index (χ2n) is 5.09. The molecule has 3 rings (SSSR count). The first kappa shape index (κ1) is 16.2. The number of ether oxygens (including phenoxy) is 2. The van der Waals surface area contributed by atoms with Crippen molar-refractivity contribution in [3.05, 3.63) is 34.7 Å². The Labute approximate surface area is 143 Å². The summed E-state index contributed by atoms with van der Waals surface area (Å²) in [4.78, 5) is 22.2. The quantitative estimate of drug-likeness (QED) is 0.730. The van der Waals surface area contributed by atoms with E-state index in [1.165, 1.54) is 11.3 Å². The Morgan fingerprint density at radius 1 is 1.29 bits per heavy atom. The van der Waals surface area contributed by atoms with Gasteiger partial charge in [0.1, 0.15) is 21.3 Å². The van der Waals surface area contributed by atoms with Gasteiger partial charge in [-0.05, 0) is 31.5 Å². The van der Waals surface area contributed by atoms with E-state index < -0.39 is 0 Å². The van der Waals surface area contributed by atoms with Crippen molar-refractivity contribution in [3.8, 4) is 17.1 Å². The lowest BCUT2D eigenvalue weighted by Crippen LogP contribution is -2.03. The van der Waals surface area contributed by atoms with Crippen LogP contribution in [0.3, 0.4) is 0 Å². The Kier molecular flexibility index (Phi) is 4.35. The molecule has 1 aromatic carbocycles. The first-order valence-electron chi connectivity index (χ1n) is 7.44. The van der Waals surface area contributed by atoms with Gasteiger partial charge in [-0.25, -0.2) is 14.8 Å². The maximum absolute atomic E-state index is 12.1. The largest absolute Gasteiger partial charge is 0.496 e. The van der Waals surface area contributed by atoms with E-state index in [0.29, 0.717) is 39.1 Å². The summed E-state index contributed by atoms with van der Waals surface area (Å²) < 4.78 is 10.5. The Morgan fingerprint density at radius 2 is 2.04 bits per heavy atom. The van der Waals surface area contributed by atoms with Gasteiger partial charge in [0.2, 0.25) is 0 Å². The van der Waals surface area contributed by atoms with Gasteiger partial charge in [-0.1, -0.05) is 12.1 Å². The molecule has 0 unspecified atom stereocenters. The molecule has 24 heavy (non-hydrogen) atoms. The van der Waals surface area contributed by atoms with Gasteiger partial charge in [-0.3, -0.25) is 0 Å². The van der Waals surface area contributed by atoms with Crippen molar-refractivity contribution in [3.63, 3.8) is 0 Å². The zero-order chi connectivity index (χ0) is 17.3. The van der Waals surface area contributed by atoms with E-state index in [2.05, 4.69) is 9.97 Å². The molecule has 0 aliphatic heterocycles. The Morgan fingerprint density at radius 3 is 2.75 bits per heavy atom. The van der Waals surface area contributed by atoms with Gasteiger partial charge in [0.15, 0.2) is 5.82 Å². The van der Waals surface area contributed by atoms with E-state index in [4.69, 9.17) is 15.2 Å². The summed E-state index contributed by atoms with van der Waals surface area (Å²) in [6.07, 6.45) is 0. The Bertz CT molecular complexity index is 921. The Balaban J connectivity index is 2.19. The number of nitrogens with zero attached hydrogens (tertiary/aromatic N) is 2. The van der Waals surface area contributed by atoms with Crippen molar-refractivity contribution in [1.29, 1.82) is 0 Å². The number of esters is 1. The third kappa shape index (κ3) is 2.67. The van der Waals surface area contributed by atoms with Crippen molar-refractivity contribution in [2.24, 2.45) is 0 Å². The smallest absolute Gasteiger partial charge is 0.348 e. The zero-order valence-electron chi connectivity index (χ0n) is 13.6. The molecule has 0 aliphatic rings. The highest BCUT2D eigenvalue weighted by atomic mass is 32.1. The monoisotopic (exact) mass is 343 g/mol. The molecule has 0 saturated carbocycles. The molecule has 2 N–H and O–H groups in total. The number of para-hydroxylation sites is 1. The summed E-state index contributed by atoms with van der Waals surface area (Å²) in [7, 11) is 1.59. The van der Waals surface area contributed by atoms with Gasteiger partial charge in [-0.15, -0.1) is 11.3 Å². The van der Waals surface area contributed by atoms with Gasteiger partial charge < -0.3 is 15.2 Å². The number of rotatable bonds is 4. The van der Waals surface area contributed by atoms with Crippen LogP contribution in [0.2, 0.25) is 0 Å². The standard InChI is InChI=1S/C17H17N3O3S/c1-4-23-17(21)13-9(2)12-14(18)19-15(20-16(12)24-13)10-7-5-6-8-11(10)22-3/h5-8H,4H2,1-3H3,(H2,18,19,20). The number of nitrogen functional groups attached to an aromatic ring is 1. The molecule has 2 heterocycles. The lowest BCUT2D eigenvalue weighted by Gasteiger charge is -2.08. The van der Waals surface area contributed by atoms with Crippen LogP contribution in [0.1, 0.15) is 22.2 Å². The van der Waals surface area contributed by atoms with Crippen LogP contribution in [0.4, 0.5) is 5.82 Å². The number of anilines is 1. The van der Waals surface area contributed by atoms with E-state index in [1.54, 1.807) is 14.0 Å².